The third kappa shape index (κ3) is 2.08. The zero-order valence-electron chi connectivity index (χ0n) is 9.74. The van der Waals surface area contributed by atoms with Crippen LogP contribution in [-0.4, -0.2) is 34.2 Å². The number of rotatable bonds is 2. The molecule has 0 aromatic carbocycles. The van der Waals surface area contributed by atoms with Crippen LogP contribution in [0.3, 0.4) is 0 Å². The molecular formula is C11H8Cl2F2N4. The molecule has 1 saturated carbocycles. The van der Waals surface area contributed by atoms with E-state index in [-0.39, 0.29) is 22.0 Å². The van der Waals surface area contributed by atoms with Crippen molar-refractivity contribution < 1.29 is 8.78 Å². The smallest absolute Gasteiger partial charge is 0.225 e. The van der Waals surface area contributed by atoms with Crippen molar-refractivity contribution >= 4 is 39.9 Å². The standard InChI is InChI=1S/C11H8Cl2F2N4/c1-19(6-2-5(6)14)10-4-3-16-9(12)7(15)8(4)17-11(13)18-10/h3,5-6H,2H2,1H3/t5-,6+/m0/s1. The Kier molecular flexibility index (Phi) is 2.94. The Morgan fingerprint density at radius 3 is 2.68 bits per heavy atom. The lowest BCUT2D eigenvalue weighted by Crippen LogP contribution is -2.23. The first-order valence-corrected chi connectivity index (χ1v) is 6.28. The van der Waals surface area contributed by atoms with Crippen LogP contribution in [0.4, 0.5) is 14.6 Å². The summed E-state index contributed by atoms with van der Waals surface area (Å²) in [4.78, 5) is 13.2. The van der Waals surface area contributed by atoms with Crippen LogP contribution >= 0.6 is 23.2 Å². The zero-order chi connectivity index (χ0) is 13.7. The van der Waals surface area contributed by atoms with Crippen LogP contribution < -0.4 is 4.90 Å². The molecule has 0 unspecified atom stereocenters. The van der Waals surface area contributed by atoms with Gasteiger partial charge in [0.1, 0.15) is 17.5 Å². The summed E-state index contributed by atoms with van der Waals surface area (Å²) in [5.41, 5.74) is -0.0158. The molecule has 1 fully saturated rings. The summed E-state index contributed by atoms with van der Waals surface area (Å²) in [6.45, 7) is 0. The van der Waals surface area contributed by atoms with Crippen molar-refractivity contribution in [1.29, 1.82) is 0 Å². The Morgan fingerprint density at radius 1 is 1.37 bits per heavy atom. The van der Waals surface area contributed by atoms with Crippen LogP contribution in [-0.2, 0) is 0 Å². The van der Waals surface area contributed by atoms with Gasteiger partial charge in [-0.25, -0.2) is 18.7 Å². The highest BCUT2D eigenvalue weighted by molar-refractivity contribution is 6.30. The van der Waals surface area contributed by atoms with Gasteiger partial charge in [-0.1, -0.05) is 11.6 Å². The molecule has 0 bridgehead atoms. The molecule has 0 saturated heterocycles. The molecule has 3 rings (SSSR count). The molecule has 19 heavy (non-hydrogen) atoms. The Morgan fingerprint density at radius 2 is 2.05 bits per heavy atom. The monoisotopic (exact) mass is 304 g/mol. The second-order valence-electron chi connectivity index (χ2n) is 4.37. The van der Waals surface area contributed by atoms with Gasteiger partial charge in [0.25, 0.3) is 0 Å². The molecule has 0 radical (unpaired) electrons. The minimum atomic E-state index is -0.904. The Bertz CT molecular complexity index is 667. The van der Waals surface area contributed by atoms with Gasteiger partial charge in [0, 0.05) is 19.7 Å². The minimum Gasteiger partial charge on any atom is -0.353 e. The maximum Gasteiger partial charge on any atom is 0.225 e. The first-order valence-electron chi connectivity index (χ1n) is 5.53. The van der Waals surface area contributed by atoms with Crippen molar-refractivity contribution in [2.24, 2.45) is 0 Å². The normalized spacial score (nSPS) is 21.7. The molecule has 100 valence electrons. The van der Waals surface area contributed by atoms with E-state index in [0.29, 0.717) is 17.6 Å². The SMILES string of the molecule is CN(c1nc(Cl)nc2c(F)c(Cl)ncc12)[C@@H]1C[C@@H]1F. The molecule has 0 N–H and O–H groups in total. The van der Waals surface area contributed by atoms with E-state index in [0.717, 1.165) is 0 Å². The van der Waals surface area contributed by atoms with Crippen LogP contribution in [0.5, 0.6) is 0 Å². The molecule has 2 aromatic heterocycles. The van der Waals surface area contributed by atoms with Gasteiger partial charge in [-0.3, -0.25) is 0 Å². The number of nitrogens with zero attached hydrogens (tertiary/aromatic N) is 4. The third-order valence-corrected chi connectivity index (χ3v) is 3.54. The van der Waals surface area contributed by atoms with Gasteiger partial charge in [-0.05, 0) is 11.6 Å². The number of alkyl halides is 1. The van der Waals surface area contributed by atoms with Crippen molar-refractivity contribution in [2.75, 3.05) is 11.9 Å². The fraction of sp³-hybridized carbons (Fsp3) is 0.364. The Balaban J connectivity index is 2.21. The number of anilines is 1. The molecule has 8 heteroatoms. The van der Waals surface area contributed by atoms with E-state index < -0.39 is 12.0 Å². The molecule has 1 aliphatic carbocycles. The molecule has 0 spiro atoms. The van der Waals surface area contributed by atoms with Gasteiger partial charge >= 0.3 is 0 Å². The quantitative estimate of drug-likeness (QED) is 0.632. The number of hydrogen-bond acceptors (Lipinski definition) is 4. The Hall–Kier alpha value is -1.27. The van der Waals surface area contributed by atoms with Crippen LogP contribution in [0, 0.1) is 5.82 Å². The summed E-state index contributed by atoms with van der Waals surface area (Å²) >= 11 is 11.4. The van der Waals surface area contributed by atoms with Crippen LogP contribution in [0.25, 0.3) is 10.9 Å². The van der Waals surface area contributed by atoms with Crippen molar-refractivity contribution in [3.8, 4) is 0 Å². The highest BCUT2D eigenvalue weighted by atomic mass is 35.5. The van der Waals surface area contributed by atoms with E-state index in [1.807, 2.05) is 0 Å². The van der Waals surface area contributed by atoms with Gasteiger partial charge in [-0.15, -0.1) is 0 Å². The second kappa shape index (κ2) is 4.38. The van der Waals surface area contributed by atoms with E-state index in [9.17, 15) is 8.78 Å². The zero-order valence-corrected chi connectivity index (χ0v) is 11.3. The summed E-state index contributed by atoms with van der Waals surface area (Å²) < 4.78 is 27.0. The van der Waals surface area contributed by atoms with Gasteiger partial charge in [0.05, 0.1) is 11.4 Å². The fourth-order valence-corrected chi connectivity index (χ4v) is 2.27. The van der Waals surface area contributed by atoms with Crippen molar-refractivity contribution in [3.63, 3.8) is 0 Å². The topological polar surface area (TPSA) is 41.9 Å². The predicted octanol–water partition coefficient (Wildman–Crippen LogP) is 3.02. The molecule has 2 aromatic rings. The molecule has 1 aliphatic rings. The van der Waals surface area contributed by atoms with Crippen molar-refractivity contribution in [2.45, 2.75) is 18.6 Å². The maximum atomic E-state index is 13.9. The average molecular weight is 305 g/mol. The summed E-state index contributed by atoms with van der Waals surface area (Å²) in [5, 5.41) is -0.0508. The summed E-state index contributed by atoms with van der Waals surface area (Å²) in [6.07, 6.45) is 0.876. The van der Waals surface area contributed by atoms with Gasteiger partial charge in [0.2, 0.25) is 5.28 Å². The van der Waals surface area contributed by atoms with Crippen LogP contribution in [0.2, 0.25) is 10.4 Å². The molecule has 2 atom stereocenters. The van der Waals surface area contributed by atoms with Crippen LogP contribution in [0.15, 0.2) is 6.20 Å². The molecule has 2 heterocycles. The van der Waals surface area contributed by atoms with E-state index in [2.05, 4.69) is 15.0 Å². The lowest BCUT2D eigenvalue weighted by Gasteiger charge is -2.19. The highest BCUT2D eigenvalue weighted by Crippen LogP contribution is 2.36. The Labute approximate surface area is 117 Å². The second-order valence-corrected chi connectivity index (χ2v) is 5.07. The lowest BCUT2D eigenvalue weighted by atomic mass is 10.2. The van der Waals surface area contributed by atoms with E-state index in [1.165, 1.54) is 6.20 Å². The lowest BCUT2D eigenvalue weighted by molar-refractivity contribution is 0.464. The van der Waals surface area contributed by atoms with E-state index in [4.69, 9.17) is 23.2 Å². The van der Waals surface area contributed by atoms with Crippen molar-refractivity contribution in [3.05, 3.63) is 22.5 Å². The van der Waals surface area contributed by atoms with Crippen molar-refractivity contribution in [1.82, 2.24) is 15.0 Å². The summed E-state index contributed by atoms with van der Waals surface area (Å²) in [5.74, 6) is -0.408. The molecule has 0 amide bonds. The van der Waals surface area contributed by atoms with Crippen LogP contribution in [0.1, 0.15) is 6.42 Å². The third-order valence-electron chi connectivity index (χ3n) is 3.11. The average Bonchev–Trinajstić information content (AvgIpc) is 3.10. The number of fused-ring (bicyclic) bond motifs is 1. The number of pyridine rings is 1. The minimum absolute atomic E-state index is 0.0158. The number of aromatic nitrogens is 3. The highest BCUT2D eigenvalue weighted by Gasteiger charge is 2.42. The molecule has 0 aliphatic heterocycles. The van der Waals surface area contributed by atoms with Gasteiger partial charge in [-0.2, -0.15) is 4.98 Å². The molecule has 4 nitrogen and oxygen atoms in total. The molecular weight excluding hydrogens is 297 g/mol. The maximum absolute atomic E-state index is 13.9. The first kappa shape index (κ1) is 12.7. The largest absolute Gasteiger partial charge is 0.353 e. The number of hydrogen-bond donors (Lipinski definition) is 0. The van der Waals surface area contributed by atoms with Gasteiger partial charge in [0.15, 0.2) is 11.0 Å². The van der Waals surface area contributed by atoms with E-state index >= 15 is 0 Å². The predicted molar refractivity (Wildman–Crippen MR) is 69.0 cm³/mol. The summed E-state index contributed by atoms with van der Waals surface area (Å²) in [7, 11) is 1.68. The summed E-state index contributed by atoms with van der Waals surface area (Å²) in [6, 6.07) is -0.270. The first-order chi connectivity index (χ1) is 8.99. The fourth-order valence-electron chi connectivity index (χ4n) is 1.97. The number of halogens is 4. The van der Waals surface area contributed by atoms with Gasteiger partial charge < -0.3 is 4.90 Å². The van der Waals surface area contributed by atoms with E-state index in [1.54, 1.807) is 11.9 Å².